The molecule has 1 aromatic carbocycles. The van der Waals surface area contributed by atoms with Gasteiger partial charge in [0.15, 0.2) is 0 Å². The number of hydrogen-bond donors (Lipinski definition) is 2. The standard InChI is InChI=1S/C11H13Br2NO/c12-9-2-1-7(3-10(9)13)8-4-11(8,5-14)6-15/h1-3,8,15H,4-6,14H2. The second kappa shape index (κ2) is 4.17. The molecule has 1 saturated carbocycles. The molecule has 2 atom stereocenters. The molecule has 15 heavy (non-hydrogen) atoms. The van der Waals surface area contributed by atoms with Crippen LogP contribution in [-0.4, -0.2) is 18.3 Å². The van der Waals surface area contributed by atoms with Gasteiger partial charge >= 0.3 is 0 Å². The molecular formula is C11H13Br2NO. The largest absolute Gasteiger partial charge is 0.396 e. The van der Waals surface area contributed by atoms with Crippen LogP contribution in [0, 0.1) is 5.41 Å². The highest BCUT2D eigenvalue weighted by molar-refractivity contribution is 9.13. The highest BCUT2D eigenvalue weighted by atomic mass is 79.9. The molecule has 3 N–H and O–H groups in total. The lowest BCUT2D eigenvalue weighted by molar-refractivity contribution is 0.211. The monoisotopic (exact) mass is 333 g/mol. The minimum atomic E-state index is -0.0622. The average molecular weight is 335 g/mol. The summed E-state index contributed by atoms with van der Waals surface area (Å²) < 4.78 is 2.10. The molecule has 0 spiro atoms. The molecule has 2 rings (SSSR count). The van der Waals surface area contributed by atoms with E-state index in [1.54, 1.807) is 0 Å². The lowest BCUT2D eigenvalue weighted by Gasteiger charge is -2.11. The lowest BCUT2D eigenvalue weighted by atomic mass is 10.0. The first kappa shape index (κ1) is 11.6. The van der Waals surface area contributed by atoms with Crippen molar-refractivity contribution in [3.05, 3.63) is 32.7 Å². The van der Waals surface area contributed by atoms with Gasteiger partial charge < -0.3 is 10.8 Å². The van der Waals surface area contributed by atoms with Crippen molar-refractivity contribution in [2.45, 2.75) is 12.3 Å². The molecule has 0 bridgehead atoms. The summed E-state index contributed by atoms with van der Waals surface area (Å²) in [4.78, 5) is 0. The van der Waals surface area contributed by atoms with E-state index in [1.165, 1.54) is 5.56 Å². The van der Waals surface area contributed by atoms with Gasteiger partial charge in [0.2, 0.25) is 0 Å². The Morgan fingerprint density at radius 3 is 2.60 bits per heavy atom. The van der Waals surface area contributed by atoms with Crippen molar-refractivity contribution < 1.29 is 5.11 Å². The Balaban J connectivity index is 2.23. The van der Waals surface area contributed by atoms with E-state index in [0.717, 1.165) is 15.4 Å². The van der Waals surface area contributed by atoms with Crippen LogP contribution in [0.2, 0.25) is 0 Å². The van der Waals surface area contributed by atoms with E-state index >= 15 is 0 Å². The zero-order valence-corrected chi connectivity index (χ0v) is 11.4. The summed E-state index contributed by atoms with van der Waals surface area (Å²) in [5.74, 6) is 0.414. The van der Waals surface area contributed by atoms with Gasteiger partial charge in [0.25, 0.3) is 0 Å². The fraction of sp³-hybridized carbons (Fsp3) is 0.455. The number of rotatable bonds is 3. The summed E-state index contributed by atoms with van der Waals surface area (Å²) in [5.41, 5.74) is 6.89. The zero-order chi connectivity index (χ0) is 11.1. The van der Waals surface area contributed by atoms with E-state index in [4.69, 9.17) is 5.73 Å². The maximum Gasteiger partial charge on any atom is 0.0505 e. The second-order valence-electron chi connectivity index (χ2n) is 4.15. The summed E-state index contributed by atoms with van der Waals surface area (Å²) in [6, 6.07) is 6.21. The van der Waals surface area contributed by atoms with Gasteiger partial charge in [-0.1, -0.05) is 6.07 Å². The molecule has 0 aromatic heterocycles. The molecule has 82 valence electrons. The average Bonchev–Trinajstić information content (AvgIpc) is 2.97. The normalized spacial score (nSPS) is 29.2. The lowest BCUT2D eigenvalue weighted by Crippen LogP contribution is -2.21. The SMILES string of the molecule is NCC1(CO)CC1c1ccc(Br)c(Br)c1. The third-order valence-corrected chi connectivity index (χ3v) is 5.14. The Labute approximate surface area is 106 Å². The number of aliphatic hydroxyl groups is 1. The van der Waals surface area contributed by atoms with Crippen molar-refractivity contribution >= 4 is 31.9 Å². The molecule has 0 heterocycles. The van der Waals surface area contributed by atoms with Crippen LogP contribution in [0.15, 0.2) is 27.1 Å². The van der Waals surface area contributed by atoms with Gasteiger partial charge in [-0.05, 0) is 61.9 Å². The maximum absolute atomic E-state index is 9.31. The van der Waals surface area contributed by atoms with Crippen LogP contribution in [0.5, 0.6) is 0 Å². The van der Waals surface area contributed by atoms with E-state index < -0.39 is 0 Å². The van der Waals surface area contributed by atoms with E-state index in [-0.39, 0.29) is 12.0 Å². The molecule has 2 nitrogen and oxygen atoms in total. The highest BCUT2D eigenvalue weighted by Gasteiger charge is 2.53. The van der Waals surface area contributed by atoms with Gasteiger partial charge in [0.1, 0.15) is 0 Å². The summed E-state index contributed by atoms with van der Waals surface area (Å²) in [7, 11) is 0. The molecule has 0 saturated heterocycles. The van der Waals surface area contributed by atoms with Crippen LogP contribution >= 0.6 is 31.9 Å². The minimum absolute atomic E-state index is 0.0622. The highest BCUT2D eigenvalue weighted by Crippen LogP contribution is 2.58. The van der Waals surface area contributed by atoms with Gasteiger partial charge in [-0.3, -0.25) is 0 Å². The van der Waals surface area contributed by atoms with Gasteiger partial charge in [-0.2, -0.15) is 0 Å². The van der Waals surface area contributed by atoms with Crippen LogP contribution < -0.4 is 5.73 Å². The Morgan fingerprint density at radius 1 is 1.40 bits per heavy atom. The van der Waals surface area contributed by atoms with Crippen molar-refractivity contribution in [3.8, 4) is 0 Å². The quantitative estimate of drug-likeness (QED) is 0.892. The second-order valence-corrected chi connectivity index (χ2v) is 5.86. The first-order chi connectivity index (χ1) is 7.13. The van der Waals surface area contributed by atoms with Crippen LogP contribution in [0.3, 0.4) is 0 Å². The summed E-state index contributed by atoms with van der Waals surface area (Å²) in [5, 5.41) is 9.31. The molecule has 1 aliphatic carbocycles. The van der Waals surface area contributed by atoms with E-state index in [2.05, 4.69) is 44.0 Å². The summed E-state index contributed by atoms with van der Waals surface area (Å²) >= 11 is 6.92. The Bertz CT molecular complexity index is 377. The van der Waals surface area contributed by atoms with Gasteiger partial charge in [0, 0.05) is 20.9 Å². The van der Waals surface area contributed by atoms with E-state index in [0.29, 0.717) is 12.5 Å². The molecule has 0 aliphatic heterocycles. The topological polar surface area (TPSA) is 46.2 Å². The van der Waals surface area contributed by atoms with Crippen LogP contribution in [-0.2, 0) is 0 Å². The minimum Gasteiger partial charge on any atom is -0.396 e. The van der Waals surface area contributed by atoms with Gasteiger partial charge in [-0.15, -0.1) is 0 Å². The zero-order valence-electron chi connectivity index (χ0n) is 8.21. The number of aliphatic hydroxyl groups excluding tert-OH is 1. The van der Waals surface area contributed by atoms with Gasteiger partial charge in [-0.25, -0.2) is 0 Å². The molecule has 4 heteroatoms. The van der Waals surface area contributed by atoms with E-state index in [1.807, 2.05) is 6.07 Å². The molecule has 1 aliphatic rings. The summed E-state index contributed by atoms with van der Waals surface area (Å²) in [6.07, 6.45) is 0.994. The predicted octanol–water partition coefficient (Wildman–Crippen LogP) is 2.64. The maximum atomic E-state index is 9.31. The Kier molecular flexibility index (Phi) is 3.22. The first-order valence-corrected chi connectivity index (χ1v) is 6.47. The predicted molar refractivity (Wildman–Crippen MR) is 67.8 cm³/mol. The van der Waals surface area contributed by atoms with Crippen LogP contribution in [0.25, 0.3) is 0 Å². The van der Waals surface area contributed by atoms with Gasteiger partial charge in [0.05, 0.1) is 6.61 Å². The van der Waals surface area contributed by atoms with Crippen molar-refractivity contribution in [1.82, 2.24) is 0 Å². The molecule has 1 aromatic rings. The first-order valence-electron chi connectivity index (χ1n) is 4.89. The molecular weight excluding hydrogens is 322 g/mol. The van der Waals surface area contributed by atoms with E-state index in [9.17, 15) is 5.11 Å². The number of halogens is 2. The summed E-state index contributed by atoms with van der Waals surface area (Å²) in [6.45, 7) is 0.740. The fourth-order valence-corrected chi connectivity index (χ4v) is 2.66. The van der Waals surface area contributed by atoms with Crippen molar-refractivity contribution in [2.24, 2.45) is 11.1 Å². The van der Waals surface area contributed by atoms with Crippen molar-refractivity contribution in [3.63, 3.8) is 0 Å². The number of hydrogen-bond acceptors (Lipinski definition) is 2. The number of nitrogens with two attached hydrogens (primary N) is 1. The molecule has 0 amide bonds. The van der Waals surface area contributed by atoms with Crippen molar-refractivity contribution in [2.75, 3.05) is 13.2 Å². The third-order valence-electron chi connectivity index (χ3n) is 3.26. The third kappa shape index (κ3) is 2.00. The smallest absolute Gasteiger partial charge is 0.0505 e. The fourth-order valence-electron chi connectivity index (χ4n) is 2.01. The molecule has 0 radical (unpaired) electrons. The number of benzene rings is 1. The Hall–Kier alpha value is 0.1000. The molecule has 2 unspecified atom stereocenters. The van der Waals surface area contributed by atoms with Crippen LogP contribution in [0.1, 0.15) is 17.9 Å². The van der Waals surface area contributed by atoms with Crippen LogP contribution in [0.4, 0.5) is 0 Å². The Morgan fingerprint density at radius 2 is 2.13 bits per heavy atom. The van der Waals surface area contributed by atoms with Crippen molar-refractivity contribution in [1.29, 1.82) is 0 Å². The molecule has 1 fully saturated rings.